The third-order valence-corrected chi connectivity index (χ3v) is 27.1. The Morgan fingerprint density at radius 2 is 0.524 bits per heavy atom. The number of carbonyl (C=O) groups excluding carboxylic acids is 11. The van der Waals surface area contributed by atoms with E-state index in [1.807, 2.05) is 281 Å². The van der Waals surface area contributed by atoms with E-state index < -0.39 is 93.8 Å². The molecule has 3 saturated carbocycles. The molecule has 0 aromatic heterocycles. The summed E-state index contributed by atoms with van der Waals surface area (Å²) in [6.07, 6.45) is 70.7. The van der Waals surface area contributed by atoms with E-state index in [0.717, 1.165) is 98.5 Å². The molecule has 4 atom stereocenters. The zero-order chi connectivity index (χ0) is 106. The molecule has 0 aromatic rings. The average molecular weight is 2310 g/mol. The second-order valence-corrected chi connectivity index (χ2v) is 41.4. The van der Waals surface area contributed by atoms with Crippen molar-refractivity contribution in [3.8, 4) is 0 Å². The van der Waals surface area contributed by atoms with Crippen LogP contribution in [0.15, 0.2) is 259 Å². The number of hydrogen-bond acceptors (Lipinski definition) is 21. The number of carboxylic acids is 2. The largest absolute Gasteiger partial charge is 1.00 e. The van der Waals surface area contributed by atoms with Crippen molar-refractivity contribution in [2.45, 2.75) is 344 Å². The second-order valence-electron chi connectivity index (χ2n) is 40.7. The van der Waals surface area contributed by atoms with Crippen LogP contribution in [0, 0.1) is 39.4 Å². The van der Waals surface area contributed by atoms with Crippen molar-refractivity contribution in [1.29, 1.82) is 0 Å². The van der Waals surface area contributed by atoms with Crippen LogP contribution in [0.3, 0.4) is 0 Å². The Labute approximate surface area is 992 Å². The fourth-order valence-electron chi connectivity index (χ4n) is 17.8. The number of ketones is 4. The normalized spacial score (nSPS) is 21.0. The molecule has 7 rings (SSSR count). The van der Waals surface area contributed by atoms with Gasteiger partial charge in [-0.2, -0.15) is 0 Å². The zero-order valence-electron chi connectivity index (χ0n) is 90.8. The Bertz CT molecular complexity index is 4850. The zero-order valence-corrected chi connectivity index (χ0v) is 104. The Hall–Kier alpha value is -7.27. The van der Waals surface area contributed by atoms with Gasteiger partial charge >= 0.3 is 186 Å². The first-order chi connectivity index (χ1) is 67.0. The van der Waals surface area contributed by atoms with Gasteiger partial charge in [0, 0.05) is 31.0 Å². The van der Waals surface area contributed by atoms with Crippen molar-refractivity contribution in [3.63, 3.8) is 0 Å². The van der Waals surface area contributed by atoms with Crippen molar-refractivity contribution in [2.24, 2.45) is 39.4 Å². The van der Waals surface area contributed by atoms with E-state index in [9.17, 15) is 57.5 Å². The molecular formula is C119H163BrCs2O23. The fraction of sp³-hybridized carbons (Fsp3) is 0.521. The summed E-state index contributed by atoms with van der Waals surface area (Å²) in [7, 11) is 0. The number of aliphatic carboxylic acids is 2. The van der Waals surface area contributed by atoms with Gasteiger partial charge in [-0.05, 0) is 206 Å². The summed E-state index contributed by atoms with van der Waals surface area (Å²) in [5.41, 5.74) is 12.3. The molecule has 7 aliphatic rings. The molecule has 0 bridgehead atoms. The van der Waals surface area contributed by atoms with Gasteiger partial charge in [0.2, 0.25) is 0 Å². The van der Waals surface area contributed by atoms with Crippen molar-refractivity contribution in [1.82, 2.24) is 0 Å². The summed E-state index contributed by atoms with van der Waals surface area (Å²) in [6, 6.07) is 0. The summed E-state index contributed by atoms with van der Waals surface area (Å²) in [6.45, 7) is 39.8. The van der Waals surface area contributed by atoms with Gasteiger partial charge in [-0.3, -0.25) is 62.3 Å². The van der Waals surface area contributed by atoms with Gasteiger partial charge in [0.25, 0.3) is 6.47 Å². The molecule has 0 aromatic carbocycles. The quantitative estimate of drug-likeness (QED) is 0.0109. The third-order valence-electron chi connectivity index (χ3n) is 26.2. The number of rotatable bonds is 42. The standard InChI is InChI=1S/C62H84O10.C48H60O10.C7H13Br.CH2O3.CH4.2Cs.H/c1-43(23-19-25-45(3)31-33-51-47(5)59(67)53(39-61(51,7)8)71-57(65)37-35-55(63)69-41-49-27-13-11-14-28-49)21-17-18-22-44(2)24-20-26-46(4)32-34-52-48(6)60(68)54(40-62(52,9)10)72-58(66)38-36-56(64)70-42-50-29-15-12-16-30-50;1-31(17-13-19-33(3)21-23-37-35(5)45(55)39(29-47(37,7)8)57-43(53)27-25-41(49)50)15-11-12-16-32(2)18-14-20-34(4)22-24-38-36(6)46(56)40(30-48(38,9)10)58-44(54)28-26-42(51)52;8-6-7-4-2-1-3-5-7;2-1-4-3;;;;/h17-26,31-34,49-50,53-54H,11-16,27-30,35-42H2,1-10H3;11-24,39-40H,25-30H2,1-10H3,(H,49,50)(H,51,52);7H,1-6H2;1,3H;1H4;;;/q;;;;;2*+1;-1/p-1/b18-17+,23-19+,24-20+,33-31+,34-32+,43-21+,44-22+,45-25+,46-26+;12-11+,17-13+,18-14+,23-21+,24-22+,31-15+,32-16+,33-19+,34-20+;;;;;;. The Morgan fingerprint density at radius 1 is 0.331 bits per heavy atom. The number of carboxylic acid groups (broad SMARTS) is 2. The summed E-state index contributed by atoms with van der Waals surface area (Å²) in [5, 5.41) is 27.3. The van der Waals surface area contributed by atoms with E-state index in [2.05, 4.69) is 20.8 Å². The molecule has 7 aliphatic carbocycles. The van der Waals surface area contributed by atoms with Crippen LogP contribution in [0.25, 0.3) is 0 Å². The van der Waals surface area contributed by atoms with Gasteiger partial charge in [-0.1, -0.05) is 351 Å². The van der Waals surface area contributed by atoms with E-state index in [1.54, 1.807) is 27.7 Å². The van der Waals surface area contributed by atoms with Crippen molar-refractivity contribution in [2.75, 3.05) is 18.5 Å². The molecular weight excluding hydrogens is 2140 g/mol. The molecule has 0 radical (unpaired) electrons. The smallest absolute Gasteiger partial charge is 1.00 e. The molecule has 3 fully saturated rings. The molecule has 0 aliphatic heterocycles. The van der Waals surface area contributed by atoms with E-state index >= 15 is 0 Å². The average Bonchev–Trinajstić information content (AvgIpc) is 0.794. The molecule has 26 heteroatoms. The number of carbonyl (C=O) groups is 13. The van der Waals surface area contributed by atoms with Crippen LogP contribution in [0.4, 0.5) is 0 Å². The van der Waals surface area contributed by atoms with Crippen LogP contribution in [-0.4, -0.2) is 131 Å². The van der Waals surface area contributed by atoms with Crippen LogP contribution in [0.1, 0.15) is 321 Å². The number of esters is 6. The fourth-order valence-corrected chi connectivity index (χ4v) is 18.5. The van der Waals surface area contributed by atoms with Crippen molar-refractivity contribution >= 4 is 93.3 Å². The van der Waals surface area contributed by atoms with Gasteiger partial charge in [-0.25, -0.2) is 0 Å². The van der Waals surface area contributed by atoms with Crippen LogP contribution in [-0.2, 0) is 95.6 Å². The molecule has 0 saturated heterocycles. The third kappa shape index (κ3) is 53.3. The van der Waals surface area contributed by atoms with Crippen molar-refractivity contribution < 1.29 is 250 Å². The predicted molar refractivity (Wildman–Crippen MR) is 568 cm³/mol. The van der Waals surface area contributed by atoms with Crippen LogP contribution >= 0.6 is 15.9 Å². The van der Waals surface area contributed by atoms with Gasteiger partial charge < -0.3 is 50.2 Å². The summed E-state index contributed by atoms with van der Waals surface area (Å²) < 4.78 is 32.8. The number of Topliss-reactive ketones (excluding diaryl/α,β-unsaturated/α-hetero) is 4. The topological polar surface area (TPSA) is 350 Å². The van der Waals surface area contributed by atoms with E-state index in [-0.39, 0.29) is 228 Å². The Morgan fingerprint density at radius 3 is 0.724 bits per heavy atom. The summed E-state index contributed by atoms with van der Waals surface area (Å²) in [4.78, 5) is 159. The number of alkyl halides is 1. The number of hydrogen-bond donors (Lipinski definition) is 2. The van der Waals surface area contributed by atoms with E-state index in [1.165, 1.54) is 76.0 Å². The molecule has 0 heterocycles. The van der Waals surface area contributed by atoms with Crippen LogP contribution < -0.4 is 143 Å². The van der Waals surface area contributed by atoms with Crippen LogP contribution in [0.5, 0.6) is 0 Å². The SMILES string of the molecule is BrCC1CCCCC1.C.CC1=C(/C=C/C(C)=C/C=C/C(C)=C/C=C/C=C(C)/C=C/C=C(C)/C=C/C2=C(C)C(=O)C(OC(=O)CCC(=O)O)CC2(C)C)C(C)(C)CC(OC(=O)CCC(=O)O)C1=O.CC1=C(/C=C/C(C)=C/C=C/C(C)=C/C=C/C=C(C)/C=C/C=C(C)/C=C/C2=C(C)C(=O)C(OC(=O)CCC(=O)OCC3CCCCC3)CC2(C)C)C(C)(C)CC(OC(=O)CCC(=O)OCC2CCCCC2)C1=O.O=CO[O-].[Cs+].[Cs+].[H-]. The van der Waals surface area contributed by atoms with E-state index in [0.29, 0.717) is 73.0 Å². The Balaban J connectivity index is 0.00000256. The molecule has 23 nitrogen and oxygen atoms in total. The summed E-state index contributed by atoms with van der Waals surface area (Å²) >= 11 is 3.51. The molecule has 0 amide bonds. The molecule has 4 unspecified atom stereocenters. The molecule has 786 valence electrons. The van der Waals surface area contributed by atoms with Crippen molar-refractivity contribution in [3.05, 3.63) is 259 Å². The molecule has 2 N–H and O–H groups in total. The maximum absolute atomic E-state index is 13.3. The van der Waals surface area contributed by atoms with Gasteiger partial charge in [0.1, 0.15) is 0 Å². The minimum absolute atomic E-state index is 0. The monoisotopic (exact) mass is 2300 g/mol. The summed E-state index contributed by atoms with van der Waals surface area (Å²) in [5.74, 6) is -4.61. The first-order valence-corrected chi connectivity index (χ1v) is 51.1. The predicted octanol–water partition coefficient (Wildman–Crippen LogP) is 19.7. The van der Waals surface area contributed by atoms with Gasteiger partial charge in [0.05, 0.1) is 64.6 Å². The second kappa shape index (κ2) is 71.5. The van der Waals surface area contributed by atoms with E-state index in [4.69, 9.17) is 48.7 Å². The number of ether oxygens (including phenoxy) is 6. The first kappa shape index (κ1) is 136. The maximum atomic E-state index is 13.3. The Kier molecular flexibility index (Phi) is 66.9. The first-order valence-electron chi connectivity index (χ1n) is 50.0. The van der Waals surface area contributed by atoms with Gasteiger partial charge in [-0.15, -0.1) is 0 Å². The molecule has 145 heavy (non-hydrogen) atoms. The number of halogens is 1. The van der Waals surface area contributed by atoms with Crippen LogP contribution in [0.2, 0.25) is 0 Å². The number of allylic oxidation sites excluding steroid dienone is 40. The maximum Gasteiger partial charge on any atom is 1.00 e. The molecule has 0 spiro atoms. The minimum Gasteiger partial charge on any atom is -1.00 e. The van der Waals surface area contributed by atoms with Gasteiger partial charge in [0.15, 0.2) is 47.5 Å². The minimum atomic E-state index is -1.09.